The van der Waals surface area contributed by atoms with Crippen LogP contribution in [0.4, 0.5) is 13.2 Å². The molecule has 1 aliphatic rings. The summed E-state index contributed by atoms with van der Waals surface area (Å²) in [6.07, 6.45) is -2.91. The van der Waals surface area contributed by atoms with E-state index >= 15 is 0 Å². The van der Waals surface area contributed by atoms with Crippen molar-refractivity contribution in [3.63, 3.8) is 0 Å². The largest absolute Gasteiger partial charge is 0.431 e. The lowest BCUT2D eigenvalue weighted by Gasteiger charge is -2.31. The van der Waals surface area contributed by atoms with Gasteiger partial charge in [0.1, 0.15) is 5.71 Å². The Morgan fingerprint density at radius 2 is 1.75 bits per heavy atom. The average Bonchev–Trinajstić information content (AvgIpc) is 2.95. The highest BCUT2D eigenvalue weighted by atomic mass is 19.4. The number of alkyl halides is 3. The summed E-state index contributed by atoms with van der Waals surface area (Å²) in [5.74, 6) is -0.844. The fourth-order valence-corrected chi connectivity index (χ4v) is 2.46. The Morgan fingerprint density at radius 1 is 1.12 bits per heavy atom. The molecule has 0 spiro atoms. The van der Waals surface area contributed by atoms with E-state index in [0.717, 1.165) is 0 Å². The molecule has 2 heterocycles. The molecule has 1 N–H and O–H groups in total. The minimum atomic E-state index is -4.74. The SMILES string of the molecule is O=C(c1ccncc1)N1N=C(C(F)(F)F)C[C@]1(O)c1ccccc1. The van der Waals surface area contributed by atoms with Gasteiger partial charge in [0.25, 0.3) is 5.91 Å². The van der Waals surface area contributed by atoms with Crippen molar-refractivity contribution in [1.29, 1.82) is 0 Å². The van der Waals surface area contributed by atoms with Crippen molar-refractivity contribution >= 4 is 11.6 Å². The Kier molecular flexibility index (Phi) is 3.84. The van der Waals surface area contributed by atoms with Crippen LogP contribution in [0.1, 0.15) is 22.3 Å². The monoisotopic (exact) mass is 335 g/mol. The predicted octanol–water partition coefficient (Wildman–Crippen LogP) is 2.69. The number of hydrogen-bond donors (Lipinski definition) is 1. The lowest BCUT2D eigenvalue weighted by molar-refractivity contribution is -0.0816. The number of aliphatic hydroxyl groups is 1. The molecule has 5 nitrogen and oxygen atoms in total. The third kappa shape index (κ3) is 2.76. The van der Waals surface area contributed by atoms with Gasteiger partial charge in [0.2, 0.25) is 0 Å². The molecule has 0 radical (unpaired) electrons. The highest BCUT2D eigenvalue weighted by molar-refractivity contribution is 5.99. The first-order valence-electron chi connectivity index (χ1n) is 6.99. The zero-order valence-electron chi connectivity index (χ0n) is 12.2. The quantitative estimate of drug-likeness (QED) is 0.918. The first kappa shape index (κ1) is 16.1. The molecule has 1 aromatic heterocycles. The number of benzene rings is 1. The second kappa shape index (κ2) is 5.72. The van der Waals surface area contributed by atoms with Crippen LogP contribution in [0.5, 0.6) is 0 Å². The van der Waals surface area contributed by atoms with Gasteiger partial charge < -0.3 is 5.11 Å². The van der Waals surface area contributed by atoms with E-state index in [1.165, 1.54) is 36.7 Å². The average molecular weight is 335 g/mol. The maximum Gasteiger partial charge on any atom is 0.431 e. The molecule has 0 fully saturated rings. The molecular weight excluding hydrogens is 323 g/mol. The lowest BCUT2D eigenvalue weighted by atomic mass is 9.96. The van der Waals surface area contributed by atoms with Crippen LogP contribution >= 0.6 is 0 Å². The van der Waals surface area contributed by atoms with Crippen LogP contribution in [-0.2, 0) is 5.72 Å². The Bertz CT molecular complexity index is 778. The lowest BCUT2D eigenvalue weighted by Crippen LogP contribution is -2.43. The van der Waals surface area contributed by atoms with Gasteiger partial charge in [-0.1, -0.05) is 30.3 Å². The minimum absolute atomic E-state index is 0.0755. The summed E-state index contributed by atoms with van der Waals surface area (Å²) in [6, 6.07) is 10.4. The number of halogens is 3. The van der Waals surface area contributed by atoms with E-state index in [4.69, 9.17) is 0 Å². The molecular formula is C16H12F3N3O2. The Hall–Kier alpha value is -2.74. The van der Waals surface area contributed by atoms with Gasteiger partial charge in [0.15, 0.2) is 5.72 Å². The summed E-state index contributed by atoms with van der Waals surface area (Å²) >= 11 is 0. The molecule has 1 amide bonds. The maximum atomic E-state index is 13.1. The van der Waals surface area contributed by atoms with Crippen molar-refractivity contribution in [3.05, 3.63) is 66.0 Å². The summed E-state index contributed by atoms with van der Waals surface area (Å²) in [7, 11) is 0. The van der Waals surface area contributed by atoms with E-state index < -0.39 is 29.9 Å². The highest BCUT2D eigenvalue weighted by Gasteiger charge is 2.53. The number of carbonyl (C=O) groups is 1. The summed E-state index contributed by atoms with van der Waals surface area (Å²) in [4.78, 5) is 16.3. The zero-order chi connectivity index (χ0) is 17.4. The third-order valence-electron chi connectivity index (χ3n) is 3.67. The second-order valence-electron chi connectivity index (χ2n) is 5.26. The number of amides is 1. The van der Waals surface area contributed by atoms with E-state index in [9.17, 15) is 23.1 Å². The van der Waals surface area contributed by atoms with Gasteiger partial charge >= 0.3 is 6.18 Å². The van der Waals surface area contributed by atoms with E-state index in [-0.39, 0.29) is 11.1 Å². The fourth-order valence-electron chi connectivity index (χ4n) is 2.46. The van der Waals surface area contributed by atoms with E-state index in [1.807, 2.05) is 0 Å². The Morgan fingerprint density at radius 3 is 2.33 bits per heavy atom. The van der Waals surface area contributed by atoms with Crippen molar-refractivity contribution in [2.45, 2.75) is 18.3 Å². The van der Waals surface area contributed by atoms with Crippen molar-refractivity contribution in [1.82, 2.24) is 9.99 Å². The number of hydrogen-bond acceptors (Lipinski definition) is 4. The standard InChI is InChI=1S/C16H12F3N3O2/c17-16(18,19)13-10-15(24,12-4-2-1-3-5-12)22(21-13)14(23)11-6-8-20-9-7-11/h1-9,24H,10H2/t15-/m0/s1. The van der Waals surface area contributed by atoms with E-state index in [0.29, 0.717) is 5.01 Å². The highest BCUT2D eigenvalue weighted by Crippen LogP contribution is 2.40. The third-order valence-corrected chi connectivity index (χ3v) is 3.67. The first-order valence-corrected chi connectivity index (χ1v) is 6.99. The summed E-state index contributed by atoms with van der Waals surface area (Å²) in [5, 5.41) is 14.7. The number of hydrazone groups is 1. The Labute approximate surface area is 135 Å². The van der Waals surface area contributed by atoms with E-state index in [1.54, 1.807) is 18.2 Å². The molecule has 1 atom stereocenters. The molecule has 24 heavy (non-hydrogen) atoms. The normalized spacial score (nSPS) is 20.8. The minimum Gasteiger partial charge on any atom is -0.365 e. The van der Waals surface area contributed by atoms with Crippen LogP contribution < -0.4 is 0 Å². The number of carbonyl (C=O) groups excluding carboxylic acids is 1. The predicted molar refractivity (Wildman–Crippen MR) is 78.9 cm³/mol. The molecule has 0 bridgehead atoms. The molecule has 0 saturated heterocycles. The number of rotatable bonds is 2. The van der Waals surface area contributed by atoms with Crippen LogP contribution in [0, 0.1) is 0 Å². The molecule has 0 unspecified atom stereocenters. The van der Waals surface area contributed by atoms with Crippen LogP contribution in [0.3, 0.4) is 0 Å². The number of aromatic nitrogens is 1. The molecule has 0 saturated carbocycles. The van der Waals surface area contributed by atoms with Crippen LogP contribution in [0.15, 0.2) is 60.0 Å². The van der Waals surface area contributed by atoms with Crippen LogP contribution in [0.2, 0.25) is 0 Å². The zero-order valence-corrected chi connectivity index (χ0v) is 12.2. The number of nitrogens with zero attached hydrogens (tertiary/aromatic N) is 3. The van der Waals surface area contributed by atoms with Gasteiger partial charge in [-0.05, 0) is 12.1 Å². The van der Waals surface area contributed by atoms with Crippen molar-refractivity contribution in [2.75, 3.05) is 0 Å². The van der Waals surface area contributed by atoms with Gasteiger partial charge in [0.05, 0.1) is 6.42 Å². The van der Waals surface area contributed by atoms with E-state index in [2.05, 4.69) is 10.1 Å². The molecule has 124 valence electrons. The summed E-state index contributed by atoms with van der Waals surface area (Å²) < 4.78 is 39.2. The molecule has 2 aromatic rings. The van der Waals surface area contributed by atoms with Gasteiger partial charge in [-0.25, -0.2) is 0 Å². The van der Waals surface area contributed by atoms with Crippen LogP contribution in [-0.4, -0.2) is 32.9 Å². The van der Waals surface area contributed by atoms with Gasteiger partial charge in [-0.2, -0.15) is 23.3 Å². The maximum absolute atomic E-state index is 13.1. The molecule has 1 aromatic carbocycles. The summed E-state index contributed by atoms with van der Waals surface area (Å²) in [6.45, 7) is 0. The van der Waals surface area contributed by atoms with Crippen molar-refractivity contribution in [2.24, 2.45) is 5.10 Å². The first-order chi connectivity index (χ1) is 11.3. The van der Waals surface area contributed by atoms with Crippen LogP contribution in [0.25, 0.3) is 0 Å². The topological polar surface area (TPSA) is 65.8 Å². The van der Waals surface area contributed by atoms with Gasteiger partial charge in [0, 0.05) is 23.5 Å². The molecule has 3 rings (SSSR count). The summed E-state index contributed by atoms with van der Waals surface area (Å²) in [5.41, 5.74) is -3.19. The molecule has 0 aliphatic carbocycles. The number of pyridine rings is 1. The fraction of sp³-hybridized carbons (Fsp3) is 0.188. The van der Waals surface area contributed by atoms with Crippen molar-refractivity contribution < 1.29 is 23.1 Å². The molecule has 8 heteroatoms. The molecule has 1 aliphatic heterocycles. The van der Waals surface area contributed by atoms with Gasteiger partial charge in [-0.15, -0.1) is 0 Å². The van der Waals surface area contributed by atoms with Crippen molar-refractivity contribution in [3.8, 4) is 0 Å². The Balaban J connectivity index is 2.07. The van der Waals surface area contributed by atoms with Gasteiger partial charge in [-0.3, -0.25) is 9.78 Å². The second-order valence-corrected chi connectivity index (χ2v) is 5.26. The smallest absolute Gasteiger partial charge is 0.365 e.